The van der Waals surface area contributed by atoms with Crippen molar-refractivity contribution in [3.05, 3.63) is 30.0 Å². The molecule has 3 N–H and O–H groups in total. The minimum absolute atomic E-state index is 0.749. The van der Waals surface area contributed by atoms with Crippen molar-refractivity contribution in [3.63, 3.8) is 0 Å². The maximum atomic E-state index is 5.57. The Morgan fingerprint density at radius 3 is 3.18 bits per heavy atom. The fourth-order valence-corrected chi connectivity index (χ4v) is 1.01. The molecule has 0 atom stereocenters. The number of fused-ring (bicyclic) bond motifs is 1. The summed E-state index contributed by atoms with van der Waals surface area (Å²) in [5.41, 5.74) is 9.96. The number of hydrogen-bond acceptors (Lipinski definition) is 3. The van der Waals surface area contributed by atoms with Crippen molar-refractivity contribution in [1.29, 1.82) is 0 Å². The predicted molar refractivity (Wildman–Crippen MR) is 43.7 cm³/mol. The van der Waals surface area contributed by atoms with E-state index in [1.54, 1.807) is 12.3 Å². The molecule has 0 spiro atoms. The Bertz CT molecular complexity index is 307. The highest BCUT2D eigenvalue weighted by Crippen LogP contribution is 2.23. The molecular formula is C8H8N2O. The van der Waals surface area contributed by atoms with E-state index < -0.39 is 0 Å². The summed E-state index contributed by atoms with van der Waals surface area (Å²) in [7, 11) is 0. The summed E-state index contributed by atoms with van der Waals surface area (Å²) in [4.78, 5) is 5.09. The third kappa shape index (κ3) is 1.00. The first-order chi connectivity index (χ1) is 5.36. The summed E-state index contributed by atoms with van der Waals surface area (Å²) in [6.07, 6.45) is 3.64. The van der Waals surface area contributed by atoms with E-state index >= 15 is 0 Å². The second kappa shape index (κ2) is 2.20. The quantitative estimate of drug-likeness (QED) is 0.542. The minimum Gasteiger partial charge on any atom is -0.399 e. The lowest BCUT2D eigenvalue weighted by Gasteiger charge is -2.12. The van der Waals surface area contributed by atoms with Crippen molar-refractivity contribution in [2.24, 2.45) is 0 Å². The molecule has 1 aromatic rings. The Morgan fingerprint density at radius 2 is 2.27 bits per heavy atom. The molecule has 56 valence electrons. The maximum absolute atomic E-state index is 5.57. The number of hydroxylamine groups is 1. The van der Waals surface area contributed by atoms with Gasteiger partial charge in [0.15, 0.2) is 5.75 Å². The lowest BCUT2D eigenvalue weighted by molar-refractivity contribution is 0.239. The number of hydrogen-bond donors (Lipinski definition) is 2. The van der Waals surface area contributed by atoms with Gasteiger partial charge >= 0.3 is 0 Å². The van der Waals surface area contributed by atoms with Crippen LogP contribution in [0.1, 0.15) is 5.56 Å². The zero-order valence-corrected chi connectivity index (χ0v) is 5.87. The van der Waals surface area contributed by atoms with Crippen LogP contribution in [0.4, 0.5) is 5.69 Å². The van der Waals surface area contributed by atoms with Crippen LogP contribution in [0, 0.1) is 0 Å². The van der Waals surface area contributed by atoms with E-state index in [0.717, 1.165) is 17.0 Å². The number of nitrogen functional groups attached to an aromatic ring is 1. The van der Waals surface area contributed by atoms with Gasteiger partial charge in [0, 0.05) is 17.5 Å². The van der Waals surface area contributed by atoms with E-state index in [2.05, 4.69) is 5.48 Å². The van der Waals surface area contributed by atoms with Crippen molar-refractivity contribution in [2.75, 3.05) is 5.73 Å². The van der Waals surface area contributed by atoms with Gasteiger partial charge in [-0.1, -0.05) is 0 Å². The average Bonchev–Trinajstić information content (AvgIpc) is 2.04. The molecule has 0 aromatic heterocycles. The second-order valence-corrected chi connectivity index (χ2v) is 2.35. The summed E-state index contributed by atoms with van der Waals surface area (Å²) in [5, 5.41) is 0. The lowest BCUT2D eigenvalue weighted by atomic mass is 10.1. The molecule has 0 saturated carbocycles. The van der Waals surface area contributed by atoms with E-state index in [9.17, 15) is 0 Å². The van der Waals surface area contributed by atoms with Crippen LogP contribution in [0.3, 0.4) is 0 Å². The molecule has 0 unspecified atom stereocenters. The van der Waals surface area contributed by atoms with Crippen LogP contribution in [0.5, 0.6) is 5.75 Å². The first-order valence-corrected chi connectivity index (χ1v) is 3.35. The molecule has 1 aromatic carbocycles. The topological polar surface area (TPSA) is 47.3 Å². The zero-order valence-electron chi connectivity index (χ0n) is 5.87. The number of rotatable bonds is 0. The van der Waals surface area contributed by atoms with Crippen LogP contribution in [0.2, 0.25) is 0 Å². The molecule has 1 aliphatic heterocycles. The van der Waals surface area contributed by atoms with Crippen LogP contribution in [0.25, 0.3) is 6.08 Å². The summed E-state index contributed by atoms with van der Waals surface area (Å²) in [5.74, 6) is 0.807. The second-order valence-electron chi connectivity index (χ2n) is 2.35. The average molecular weight is 148 g/mol. The predicted octanol–water partition coefficient (Wildman–Crippen LogP) is 1.14. The van der Waals surface area contributed by atoms with Crippen molar-refractivity contribution in [3.8, 4) is 5.75 Å². The SMILES string of the molecule is Nc1ccc2c(c1)C=CNO2. The largest absolute Gasteiger partial charge is 0.399 e. The molecule has 0 aliphatic carbocycles. The monoisotopic (exact) mass is 148 g/mol. The molecule has 1 aliphatic rings. The lowest BCUT2D eigenvalue weighted by Crippen LogP contribution is -2.14. The van der Waals surface area contributed by atoms with Crippen molar-refractivity contribution >= 4 is 11.8 Å². The smallest absolute Gasteiger partial charge is 0.162 e. The van der Waals surface area contributed by atoms with Crippen LogP contribution in [0.15, 0.2) is 24.4 Å². The molecule has 0 fully saturated rings. The van der Waals surface area contributed by atoms with Crippen LogP contribution >= 0.6 is 0 Å². The first-order valence-electron chi connectivity index (χ1n) is 3.35. The highest BCUT2D eigenvalue weighted by molar-refractivity contribution is 5.63. The molecule has 3 nitrogen and oxygen atoms in total. The Kier molecular flexibility index (Phi) is 1.22. The minimum atomic E-state index is 0.749. The van der Waals surface area contributed by atoms with Crippen LogP contribution in [-0.4, -0.2) is 0 Å². The highest BCUT2D eigenvalue weighted by atomic mass is 16.6. The third-order valence-electron chi connectivity index (χ3n) is 1.53. The number of nitrogens with two attached hydrogens (primary N) is 1. The summed E-state index contributed by atoms with van der Waals surface area (Å²) >= 11 is 0. The Labute approximate surface area is 64.4 Å². The van der Waals surface area contributed by atoms with Gasteiger partial charge in [-0.3, -0.25) is 0 Å². The highest BCUT2D eigenvalue weighted by Gasteiger charge is 2.03. The van der Waals surface area contributed by atoms with E-state index in [4.69, 9.17) is 10.6 Å². The van der Waals surface area contributed by atoms with Gasteiger partial charge in [-0.2, -0.15) is 0 Å². The summed E-state index contributed by atoms with van der Waals surface area (Å²) in [6, 6.07) is 5.51. The van der Waals surface area contributed by atoms with Gasteiger partial charge in [-0.25, -0.2) is 5.48 Å². The Morgan fingerprint density at radius 1 is 1.36 bits per heavy atom. The van der Waals surface area contributed by atoms with Gasteiger partial charge < -0.3 is 10.6 Å². The first kappa shape index (κ1) is 6.09. The Hall–Kier alpha value is -1.64. The Balaban J connectivity index is 2.54. The van der Waals surface area contributed by atoms with E-state index in [1.807, 2.05) is 18.2 Å². The molecule has 0 bridgehead atoms. The number of anilines is 1. The fraction of sp³-hybridized carbons (Fsp3) is 0. The van der Waals surface area contributed by atoms with E-state index in [0.29, 0.717) is 0 Å². The van der Waals surface area contributed by atoms with Gasteiger partial charge in [0.2, 0.25) is 0 Å². The number of benzene rings is 1. The van der Waals surface area contributed by atoms with Gasteiger partial charge in [0.05, 0.1) is 0 Å². The molecular weight excluding hydrogens is 140 g/mol. The summed E-state index contributed by atoms with van der Waals surface area (Å²) in [6.45, 7) is 0. The van der Waals surface area contributed by atoms with Crippen LogP contribution in [-0.2, 0) is 0 Å². The van der Waals surface area contributed by atoms with Crippen molar-refractivity contribution < 1.29 is 4.84 Å². The van der Waals surface area contributed by atoms with Crippen LogP contribution < -0.4 is 16.1 Å². The number of nitrogens with one attached hydrogen (secondary N) is 1. The zero-order chi connectivity index (χ0) is 7.68. The van der Waals surface area contributed by atoms with E-state index in [-0.39, 0.29) is 0 Å². The van der Waals surface area contributed by atoms with Gasteiger partial charge in [-0.05, 0) is 24.3 Å². The van der Waals surface area contributed by atoms with Crippen molar-refractivity contribution in [1.82, 2.24) is 5.48 Å². The molecule has 0 saturated heterocycles. The molecule has 0 radical (unpaired) electrons. The van der Waals surface area contributed by atoms with Gasteiger partial charge in [0.1, 0.15) is 0 Å². The molecule has 3 heteroatoms. The van der Waals surface area contributed by atoms with Gasteiger partial charge in [-0.15, -0.1) is 0 Å². The molecule has 0 amide bonds. The van der Waals surface area contributed by atoms with Crippen molar-refractivity contribution in [2.45, 2.75) is 0 Å². The maximum Gasteiger partial charge on any atom is 0.162 e. The molecule has 11 heavy (non-hydrogen) atoms. The molecule has 2 rings (SSSR count). The fourth-order valence-electron chi connectivity index (χ4n) is 1.01. The standard InChI is InChI=1S/C8H8N2O/c9-7-1-2-8-6(5-7)3-4-10-11-8/h1-5,10H,9H2. The summed E-state index contributed by atoms with van der Waals surface area (Å²) < 4.78 is 0. The third-order valence-corrected chi connectivity index (χ3v) is 1.53. The molecule has 1 heterocycles. The normalized spacial score (nSPS) is 13.1. The van der Waals surface area contributed by atoms with E-state index in [1.165, 1.54) is 0 Å². The van der Waals surface area contributed by atoms with Gasteiger partial charge in [0.25, 0.3) is 0 Å².